The molecule has 0 radical (unpaired) electrons. The van der Waals surface area contributed by atoms with Crippen molar-refractivity contribution in [1.29, 1.82) is 0 Å². The molecular weight excluding hydrogens is 346 g/mol. The number of thiophene rings is 1. The van der Waals surface area contributed by atoms with E-state index in [4.69, 9.17) is 5.73 Å². The van der Waals surface area contributed by atoms with Gasteiger partial charge in [0.2, 0.25) is 0 Å². The number of aliphatic hydroxyl groups is 1. The summed E-state index contributed by atoms with van der Waals surface area (Å²) in [5.74, 6) is 1.01. The first kappa shape index (κ1) is 17.1. The Hall–Kier alpha value is -2.38. The first-order valence-corrected chi connectivity index (χ1v) is 9.29. The van der Waals surface area contributed by atoms with Gasteiger partial charge in [-0.2, -0.15) is 0 Å². The molecule has 0 aliphatic heterocycles. The Labute approximate surface area is 155 Å². The van der Waals surface area contributed by atoms with Gasteiger partial charge in [-0.1, -0.05) is 13.8 Å². The molecular formula is C19H21N5OS. The summed E-state index contributed by atoms with van der Waals surface area (Å²) in [6.45, 7) is 4.36. The Morgan fingerprint density at radius 3 is 2.69 bits per heavy atom. The molecule has 0 unspecified atom stereocenters. The van der Waals surface area contributed by atoms with E-state index < -0.39 is 5.60 Å². The molecule has 0 spiro atoms. The van der Waals surface area contributed by atoms with E-state index in [1.165, 1.54) is 11.3 Å². The fourth-order valence-electron chi connectivity index (χ4n) is 3.76. The highest BCUT2D eigenvalue weighted by atomic mass is 32.1. The molecule has 3 N–H and O–H groups in total. The molecule has 3 aromatic rings. The van der Waals surface area contributed by atoms with Gasteiger partial charge in [0.25, 0.3) is 0 Å². The maximum Gasteiger partial charge on any atom is 0.162 e. The van der Waals surface area contributed by atoms with Crippen molar-refractivity contribution >= 4 is 33.6 Å². The summed E-state index contributed by atoms with van der Waals surface area (Å²) in [4.78, 5) is 19.2. The number of hydrogen-bond donors (Lipinski definition) is 2. The van der Waals surface area contributed by atoms with E-state index in [0.717, 1.165) is 39.1 Å². The topological polar surface area (TPSA) is 97.3 Å². The SMILES string of the molecule is CN=Cc1cc(-c2ncc3cc(C4(O)CC(C)(C)C4)sc3n2)cnc1N. The molecule has 134 valence electrons. The second-order valence-corrected chi connectivity index (χ2v) is 8.73. The number of nitrogen functional groups attached to an aromatic ring is 1. The van der Waals surface area contributed by atoms with E-state index >= 15 is 0 Å². The molecule has 1 aliphatic carbocycles. The molecule has 26 heavy (non-hydrogen) atoms. The van der Waals surface area contributed by atoms with Crippen LogP contribution in [-0.4, -0.2) is 33.3 Å². The van der Waals surface area contributed by atoms with E-state index in [1.54, 1.807) is 25.7 Å². The lowest BCUT2D eigenvalue weighted by Crippen LogP contribution is -2.45. The third-order valence-electron chi connectivity index (χ3n) is 4.75. The molecule has 3 heterocycles. The number of aliphatic imine (C=N–C) groups is 1. The molecule has 1 fully saturated rings. The first-order valence-electron chi connectivity index (χ1n) is 8.47. The van der Waals surface area contributed by atoms with Crippen molar-refractivity contribution in [3.63, 3.8) is 0 Å². The normalized spacial score (nSPS) is 18.3. The fraction of sp³-hybridized carbons (Fsp3) is 0.368. The number of nitrogens with zero attached hydrogens (tertiary/aromatic N) is 4. The minimum absolute atomic E-state index is 0.189. The molecule has 3 aromatic heterocycles. The second-order valence-electron chi connectivity index (χ2n) is 7.70. The first-order chi connectivity index (χ1) is 12.3. The Morgan fingerprint density at radius 2 is 2.00 bits per heavy atom. The van der Waals surface area contributed by atoms with Crippen LogP contribution < -0.4 is 5.73 Å². The van der Waals surface area contributed by atoms with Crippen molar-refractivity contribution in [1.82, 2.24) is 15.0 Å². The Kier molecular flexibility index (Phi) is 3.82. The minimum Gasteiger partial charge on any atom is -0.384 e. The molecule has 6 nitrogen and oxygen atoms in total. The molecule has 0 amide bonds. The van der Waals surface area contributed by atoms with Crippen LogP contribution in [0.4, 0.5) is 5.82 Å². The fourth-order valence-corrected chi connectivity index (χ4v) is 4.85. The van der Waals surface area contributed by atoms with E-state index in [-0.39, 0.29) is 5.41 Å². The van der Waals surface area contributed by atoms with Crippen molar-refractivity contribution in [3.05, 3.63) is 35.0 Å². The third kappa shape index (κ3) is 2.87. The quantitative estimate of drug-likeness (QED) is 0.692. The third-order valence-corrected chi connectivity index (χ3v) is 5.99. The summed E-state index contributed by atoms with van der Waals surface area (Å²) in [5, 5.41) is 11.8. The monoisotopic (exact) mass is 367 g/mol. The van der Waals surface area contributed by atoms with E-state index in [2.05, 4.69) is 33.8 Å². The highest BCUT2D eigenvalue weighted by molar-refractivity contribution is 7.18. The summed E-state index contributed by atoms with van der Waals surface area (Å²) in [5.41, 5.74) is 6.85. The highest BCUT2D eigenvalue weighted by Gasteiger charge is 2.49. The maximum absolute atomic E-state index is 10.9. The number of nitrogens with two attached hydrogens (primary N) is 1. The van der Waals surface area contributed by atoms with Crippen LogP contribution in [0.3, 0.4) is 0 Å². The standard InChI is InChI=1S/C19H21N5OS/c1-18(2)9-19(25,10-18)14-5-13-8-23-16(24-17(13)26-14)12-4-11(6-21-3)15(20)22-7-12/h4-8,25H,9-10H2,1-3H3,(H2,20,22). The highest BCUT2D eigenvalue weighted by Crippen LogP contribution is 2.55. The number of aromatic nitrogens is 3. The number of fused-ring (bicyclic) bond motifs is 1. The number of hydrogen-bond acceptors (Lipinski definition) is 7. The van der Waals surface area contributed by atoms with Crippen molar-refractivity contribution < 1.29 is 5.11 Å². The van der Waals surface area contributed by atoms with E-state index in [9.17, 15) is 5.11 Å². The summed E-state index contributed by atoms with van der Waals surface area (Å²) in [6, 6.07) is 3.89. The summed E-state index contributed by atoms with van der Waals surface area (Å²) in [7, 11) is 1.69. The Morgan fingerprint density at radius 1 is 1.23 bits per heavy atom. The van der Waals surface area contributed by atoms with Crippen LogP contribution in [0.1, 0.15) is 37.1 Å². The van der Waals surface area contributed by atoms with Gasteiger partial charge >= 0.3 is 0 Å². The van der Waals surface area contributed by atoms with Crippen LogP contribution in [0.15, 0.2) is 29.5 Å². The zero-order valence-electron chi connectivity index (χ0n) is 15.0. The number of rotatable bonds is 3. The van der Waals surface area contributed by atoms with Crippen LogP contribution >= 0.6 is 11.3 Å². The second kappa shape index (κ2) is 5.82. The average molecular weight is 367 g/mol. The molecule has 0 bridgehead atoms. The van der Waals surface area contributed by atoms with Gasteiger partial charge < -0.3 is 10.8 Å². The van der Waals surface area contributed by atoms with Gasteiger partial charge in [0.05, 0.1) is 5.60 Å². The molecule has 0 saturated heterocycles. The molecule has 0 aromatic carbocycles. The largest absolute Gasteiger partial charge is 0.384 e. The van der Waals surface area contributed by atoms with Crippen LogP contribution in [0.5, 0.6) is 0 Å². The zero-order chi connectivity index (χ0) is 18.5. The molecule has 0 atom stereocenters. The summed E-state index contributed by atoms with van der Waals surface area (Å²) in [6.07, 6.45) is 6.68. The van der Waals surface area contributed by atoms with Crippen LogP contribution in [0.2, 0.25) is 0 Å². The molecule has 1 saturated carbocycles. The predicted octanol–water partition coefficient (Wildman–Crippen LogP) is 3.39. The summed E-state index contributed by atoms with van der Waals surface area (Å²) >= 11 is 1.53. The summed E-state index contributed by atoms with van der Waals surface area (Å²) < 4.78 is 0. The van der Waals surface area contributed by atoms with E-state index in [0.29, 0.717) is 11.6 Å². The van der Waals surface area contributed by atoms with Crippen molar-refractivity contribution in [3.8, 4) is 11.4 Å². The Bertz CT molecular complexity index is 1020. The van der Waals surface area contributed by atoms with Crippen molar-refractivity contribution in [2.24, 2.45) is 10.4 Å². The lowest BCUT2D eigenvalue weighted by atomic mass is 9.61. The molecule has 4 rings (SSSR count). The number of anilines is 1. The average Bonchev–Trinajstić information content (AvgIpc) is 2.99. The number of pyridine rings is 1. The van der Waals surface area contributed by atoms with E-state index in [1.807, 2.05) is 12.1 Å². The zero-order valence-corrected chi connectivity index (χ0v) is 15.8. The maximum atomic E-state index is 10.9. The van der Waals surface area contributed by atoms with Gasteiger partial charge in [0, 0.05) is 47.0 Å². The molecule has 1 aliphatic rings. The van der Waals surface area contributed by atoms with Gasteiger partial charge in [-0.25, -0.2) is 15.0 Å². The lowest BCUT2D eigenvalue weighted by molar-refractivity contribution is -0.116. The Balaban J connectivity index is 1.72. The molecule has 7 heteroatoms. The minimum atomic E-state index is -0.734. The van der Waals surface area contributed by atoms with Crippen LogP contribution in [-0.2, 0) is 5.60 Å². The van der Waals surface area contributed by atoms with Crippen LogP contribution in [0, 0.1) is 5.41 Å². The smallest absolute Gasteiger partial charge is 0.162 e. The van der Waals surface area contributed by atoms with Crippen molar-refractivity contribution in [2.75, 3.05) is 12.8 Å². The van der Waals surface area contributed by atoms with Crippen molar-refractivity contribution in [2.45, 2.75) is 32.3 Å². The lowest BCUT2D eigenvalue weighted by Gasteiger charge is -2.49. The predicted molar refractivity (Wildman–Crippen MR) is 105 cm³/mol. The van der Waals surface area contributed by atoms with Gasteiger partial charge in [-0.15, -0.1) is 11.3 Å². The van der Waals surface area contributed by atoms with Gasteiger partial charge in [0.15, 0.2) is 5.82 Å². The van der Waals surface area contributed by atoms with Gasteiger partial charge in [-0.3, -0.25) is 4.99 Å². The van der Waals surface area contributed by atoms with Gasteiger partial charge in [-0.05, 0) is 30.4 Å². The van der Waals surface area contributed by atoms with Crippen LogP contribution in [0.25, 0.3) is 21.6 Å². The van der Waals surface area contributed by atoms with Gasteiger partial charge in [0.1, 0.15) is 10.6 Å².